The molecule has 0 amide bonds. The monoisotopic (exact) mass is 564 g/mol. The first-order valence-corrected chi connectivity index (χ1v) is 16.2. The third kappa shape index (κ3) is 5.16. The molecule has 0 atom stereocenters. The van der Waals surface area contributed by atoms with Crippen LogP contribution in [0.25, 0.3) is 11.1 Å². The summed E-state index contributed by atoms with van der Waals surface area (Å²) in [7, 11) is 0. The van der Waals surface area contributed by atoms with Crippen LogP contribution in [0.2, 0.25) is 0 Å². The van der Waals surface area contributed by atoms with Crippen molar-refractivity contribution in [2.45, 2.75) is 20.3 Å². The number of nitrogens with zero attached hydrogens (tertiary/aromatic N) is 2. The predicted octanol–water partition coefficient (Wildman–Crippen LogP) is 9.68. The number of thioether (sulfide) groups is 6. The van der Waals surface area contributed by atoms with Crippen LogP contribution in [0.1, 0.15) is 42.5 Å². The van der Waals surface area contributed by atoms with Crippen LogP contribution in [0.5, 0.6) is 0 Å². The molecular formula is C27H20N2S6. The molecule has 0 unspecified atom stereocenters. The molecule has 35 heavy (non-hydrogen) atoms. The van der Waals surface area contributed by atoms with Gasteiger partial charge in [-0.05, 0) is 43.9 Å². The van der Waals surface area contributed by atoms with Crippen molar-refractivity contribution in [2.75, 3.05) is 11.5 Å². The lowest BCUT2D eigenvalue weighted by Crippen LogP contribution is -1.99. The SMILES string of the molecule is CC1=C2SCCCSC3=C(C)S/C(=C(c4ccccc4C#N)/C(c4ccccc4C#N)=C(/S1)S2)S3. The van der Waals surface area contributed by atoms with Crippen molar-refractivity contribution in [1.29, 1.82) is 10.5 Å². The second-order valence-corrected chi connectivity index (χ2v) is 15.5. The van der Waals surface area contributed by atoms with Gasteiger partial charge in [-0.1, -0.05) is 83.4 Å². The molecule has 3 aliphatic heterocycles. The summed E-state index contributed by atoms with van der Waals surface area (Å²) in [4.78, 5) is 2.62. The van der Waals surface area contributed by atoms with Gasteiger partial charge < -0.3 is 0 Å². The van der Waals surface area contributed by atoms with Crippen molar-refractivity contribution in [1.82, 2.24) is 0 Å². The third-order valence-electron chi connectivity index (χ3n) is 5.48. The van der Waals surface area contributed by atoms with Gasteiger partial charge in [0.15, 0.2) is 0 Å². The maximum atomic E-state index is 10.1. The van der Waals surface area contributed by atoms with E-state index in [1.54, 1.807) is 23.5 Å². The second kappa shape index (κ2) is 11.3. The normalized spacial score (nSPS) is 22.9. The first kappa shape index (κ1) is 25.1. The van der Waals surface area contributed by atoms with Crippen LogP contribution in [0.15, 0.2) is 75.3 Å². The summed E-state index contributed by atoms with van der Waals surface area (Å²) in [5, 5.41) is 20.1. The molecule has 2 nitrogen and oxygen atoms in total. The van der Waals surface area contributed by atoms with Crippen LogP contribution in [-0.2, 0) is 0 Å². The van der Waals surface area contributed by atoms with Gasteiger partial charge in [0, 0.05) is 32.1 Å². The molecule has 174 valence electrons. The van der Waals surface area contributed by atoms with Gasteiger partial charge in [-0.2, -0.15) is 10.5 Å². The molecule has 8 heteroatoms. The minimum absolute atomic E-state index is 0.652. The lowest BCUT2D eigenvalue weighted by atomic mass is 9.90. The smallest absolute Gasteiger partial charge is 0.0998 e. The zero-order chi connectivity index (χ0) is 24.4. The summed E-state index contributed by atoms with van der Waals surface area (Å²) >= 11 is 11.1. The highest BCUT2D eigenvalue weighted by atomic mass is 32.2. The van der Waals surface area contributed by atoms with Gasteiger partial charge in [0.1, 0.15) is 0 Å². The fraction of sp³-hybridized carbons (Fsp3) is 0.185. The largest absolute Gasteiger partial charge is 0.192 e. The van der Waals surface area contributed by atoms with Crippen LogP contribution in [0.4, 0.5) is 0 Å². The zero-order valence-corrected chi connectivity index (χ0v) is 24.0. The number of hydrogen-bond acceptors (Lipinski definition) is 8. The third-order valence-corrected chi connectivity index (χ3v) is 13.9. The maximum absolute atomic E-state index is 10.1. The van der Waals surface area contributed by atoms with Gasteiger partial charge in [-0.15, -0.1) is 23.5 Å². The molecule has 3 aliphatic rings. The predicted molar refractivity (Wildman–Crippen MR) is 161 cm³/mol. The van der Waals surface area contributed by atoms with E-state index < -0.39 is 0 Å². The summed E-state index contributed by atoms with van der Waals surface area (Å²) in [5.74, 6) is 2.19. The van der Waals surface area contributed by atoms with E-state index in [2.05, 4.69) is 38.1 Å². The van der Waals surface area contributed by atoms with Gasteiger partial charge >= 0.3 is 0 Å². The van der Waals surface area contributed by atoms with Crippen molar-refractivity contribution >= 4 is 81.7 Å². The number of fused-ring (bicyclic) bond motifs is 4. The van der Waals surface area contributed by atoms with Crippen LogP contribution in [0, 0.1) is 22.7 Å². The quantitative estimate of drug-likeness (QED) is 0.357. The van der Waals surface area contributed by atoms with E-state index in [9.17, 15) is 10.5 Å². The number of allylic oxidation sites excluding steroid dienone is 4. The molecule has 3 heterocycles. The second-order valence-electron chi connectivity index (χ2n) is 7.79. The Morgan fingerprint density at radius 2 is 1.03 bits per heavy atom. The number of nitriles is 2. The van der Waals surface area contributed by atoms with E-state index in [-0.39, 0.29) is 0 Å². The van der Waals surface area contributed by atoms with Crippen molar-refractivity contribution in [2.24, 2.45) is 0 Å². The first-order valence-electron chi connectivity index (χ1n) is 11.0. The van der Waals surface area contributed by atoms with Crippen LogP contribution < -0.4 is 0 Å². The zero-order valence-electron chi connectivity index (χ0n) is 19.1. The Kier molecular flexibility index (Phi) is 8.08. The van der Waals surface area contributed by atoms with Crippen LogP contribution in [-0.4, -0.2) is 11.5 Å². The number of benzene rings is 2. The lowest BCUT2D eigenvalue weighted by molar-refractivity contribution is 1.13. The Bertz CT molecular complexity index is 1310. The highest BCUT2D eigenvalue weighted by Gasteiger charge is 2.32. The molecule has 2 aromatic rings. The highest BCUT2D eigenvalue weighted by molar-refractivity contribution is 8.36. The maximum Gasteiger partial charge on any atom is 0.0998 e. The molecule has 0 fully saturated rings. The summed E-state index contributed by atoms with van der Waals surface area (Å²) in [6.45, 7) is 4.39. The summed E-state index contributed by atoms with van der Waals surface area (Å²) in [6, 6.07) is 20.6. The summed E-state index contributed by atoms with van der Waals surface area (Å²) < 4.78 is 5.06. The first-order chi connectivity index (χ1) is 17.1. The Balaban J connectivity index is 1.84. The van der Waals surface area contributed by atoms with E-state index >= 15 is 0 Å². The summed E-state index contributed by atoms with van der Waals surface area (Å²) in [5.41, 5.74) is 5.27. The lowest BCUT2D eigenvalue weighted by Gasteiger charge is -2.20. The van der Waals surface area contributed by atoms with Gasteiger partial charge in [0.05, 0.1) is 40.2 Å². The van der Waals surface area contributed by atoms with Crippen molar-refractivity contribution < 1.29 is 0 Å². The van der Waals surface area contributed by atoms with Gasteiger partial charge in [-0.3, -0.25) is 0 Å². The molecule has 0 aliphatic carbocycles. The molecular weight excluding hydrogens is 545 g/mol. The molecule has 0 N–H and O–H groups in total. The molecule has 0 aromatic heterocycles. The Labute approximate surface area is 232 Å². The van der Waals surface area contributed by atoms with Gasteiger partial charge in [0.2, 0.25) is 0 Å². The van der Waals surface area contributed by atoms with E-state index in [1.165, 1.54) is 26.8 Å². The molecule has 0 saturated heterocycles. The Morgan fingerprint density at radius 3 is 1.46 bits per heavy atom. The summed E-state index contributed by atoms with van der Waals surface area (Å²) in [6.07, 6.45) is 1.16. The van der Waals surface area contributed by atoms with E-state index in [0.29, 0.717) is 11.1 Å². The Morgan fingerprint density at radius 1 is 0.600 bits per heavy atom. The van der Waals surface area contributed by atoms with Gasteiger partial charge in [-0.25, -0.2) is 0 Å². The van der Waals surface area contributed by atoms with E-state index in [1.807, 2.05) is 83.4 Å². The highest BCUT2D eigenvalue weighted by Crippen LogP contribution is 2.62. The standard InChI is InChI=1S/C27H20N2S6/c1-16-24-30-12-7-13-31-25-17(2)33-27(35-25)23(21-11-6-4-9-19(21)15-29)22(26(32-16)34-24)20-10-5-3-8-18(20)14-28/h3-6,8-11H,7,12-13H2,1-2H3/b26-22-,27-23-. The van der Waals surface area contributed by atoms with E-state index in [4.69, 9.17) is 0 Å². The average molecular weight is 565 g/mol. The van der Waals surface area contributed by atoms with Crippen molar-refractivity contribution in [3.63, 3.8) is 0 Å². The molecule has 0 radical (unpaired) electrons. The van der Waals surface area contributed by atoms with Crippen LogP contribution >= 0.6 is 70.6 Å². The topological polar surface area (TPSA) is 47.6 Å². The number of hydrogen-bond donors (Lipinski definition) is 0. The molecule has 2 aromatic carbocycles. The molecule has 0 saturated carbocycles. The van der Waals surface area contributed by atoms with Crippen molar-refractivity contribution in [3.8, 4) is 12.1 Å². The molecule has 5 rings (SSSR count). The molecule has 0 spiro atoms. The minimum atomic E-state index is 0.652. The van der Waals surface area contributed by atoms with E-state index in [0.717, 1.165) is 40.2 Å². The average Bonchev–Trinajstić information content (AvgIpc) is 3.43. The fourth-order valence-electron chi connectivity index (χ4n) is 3.86. The van der Waals surface area contributed by atoms with Crippen LogP contribution in [0.3, 0.4) is 0 Å². The van der Waals surface area contributed by atoms with Crippen molar-refractivity contribution in [3.05, 3.63) is 97.5 Å². The molecule has 4 bridgehead atoms. The fourth-order valence-corrected chi connectivity index (χ4v) is 12.5. The van der Waals surface area contributed by atoms with Gasteiger partial charge in [0.25, 0.3) is 0 Å². The Hall–Kier alpha value is -1.52. The minimum Gasteiger partial charge on any atom is -0.192 e. The number of rotatable bonds is 2.